The van der Waals surface area contributed by atoms with Gasteiger partial charge in [-0.15, -0.1) is 0 Å². The Kier molecular flexibility index (Phi) is 9.57. The lowest BCUT2D eigenvalue weighted by molar-refractivity contribution is -0.140. The molecule has 3 fully saturated rings. The molecule has 0 spiro atoms. The lowest BCUT2D eigenvalue weighted by atomic mass is 9.93. The molecule has 5 atom stereocenters. The van der Waals surface area contributed by atoms with Gasteiger partial charge in [-0.05, 0) is 89.3 Å². The highest BCUT2D eigenvalue weighted by Crippen LogP contribution is 2.48. The highest BCUT2D eigenvalue weighted by Gasteiger charge is 2.63. The first kappa shape index (κ1) is 36.9. The molecule has 3 saturated carbocycles. The number of methoxy groups -OCH3 is 1. The van der Waals surface area contributed by atoms with E-state index in [0.717, 1.165) is 35.9 Å². The number of pyridine rings is 1. The number of benzene rings is 1. The van der Waals surface area contributed by atoms with Crippen LogP contribution in [0.3, 0.4) is 0 Å². The molecule has 4 aliphatic rings. The van der Waals surface area contributed by atoms with E-state index in [1.54, 1.807) is 30.7 Å². The van der Waals surface area contributed by atoms with Gasteiger partial charge in [0, 0.05) is 42.7 Å². The summed E-state index contributed by atoms with van der Waals surface area (Å²) in [6, 6.07) is 7.55. The zero-order valence-electron chi connectivity index (χ0n) is 31.3. The Morgan fingerprint density at radius 3 is 2.55 bits per heavy atom. The van der Waals surface area contributed by atoms with Crippen LogP contribution in [0.1, 0.15) is 89.3 Å². The average Bonchev–Trinajstić information content (AvgIpc) is 3.89. The Morgan fingerprint density at radius 1 is 1.09 bits per heavy atom. The number of hydrogen-bond donors (Lipinski definition) is 2. The number of allylic oxidation sites excluding steroid dienone is 1. The largest absolute Gasteiger partial charge is 0.496 e. The summed E-state index contributed by atoms with van der Waals surface area (Å²) in [5.74, 6) is -1.22. The van der Waals surface area contributed by atoms with Gasteiger partial charge < -0.3 is 19.7 Å². The Bertz CT molecular complexity index is 2090. The number of hydrogen-bond acceptors (Lipinski definition) is 9. The fourth-order valence-corrected chi connectivity index (χ4v) is 9.06. The molecule has 7 rings (SSSR count). The van der Waals surface area contributed by atoms with Gasteiger partial charge in [0.1, 0.15) is 23.1 Å². The maximum absolute atomic E-state index is 14.3. The number of nitrogens with zero attached hydrogens (tertiary/aromatic N) is 4. The third-order valence-electron chi connectivity index (χ3n) is 11.7. The number of ether oxygens (including phenoxy) is 2. The van der Waals surface area contributed by atoms with E-state index >= 15 is 0 Å². The summed E-state index contributed by atoms with van der Waals surface area (Å²) >= 11 is 0. The molecule has 2 N–H and O–H groups in total. The smallest absolute Gasteiger partial charge is 0.259 e. The van der Waals surface area contributed by atoms with Crippen molar-refractivity contribution in [2.75, 3.05) is 20.7 Å². The average molecular weight is 747 g/mol. The number of aromatic nitrogens is 3. The number of carbonyl (C=O) groups excluding carboxylic acids is 3. The predicted molar refractivity (Wildman–Crippen MR) is 199 cm³/mol. The van der Waals surface area contributed by atoms with Crippen LogP contribution < -0.4 is 19.5 Å². The second-order valence-electron chi connectivity index (χ2n) is 15.9. The highest BCUT2D eigenvalue weighted by atomic mass is 32.2. The van der Waals surface area contributed by atoms with Crippen molar-refractivity contribution >= 4 is 38.6 Å². The Hall–Kier alpha value is -4.46. The molecule has 1 aliphatic heterocycles. The van der Waals surface area contributed by atoms with Crippen molar-refractivity contribution < 1.29 is 32.3 Å². The first-order chi connectivity index (χ1) is 25.2. The highest BCUT2D eigenvalue weighted by molar-refractivity contribution is 7.91. The summed E-state index contributed by atoms with van der Waals surface area (Å²) < 4.78 is 41.6. The van der Waals surface area contributed by atoms with Crippen molar-refractivity contribution in [3.63, 3.8) is 0 Å². The van der Waals surface area contributed by atoms with E-state index in [-0.39, 0.29) is 37.0 Å². The minimum Gasteiger partial charge on any atom is -0.496 e. The molecule has 3 heterocycles. The number of carbonyl (C=O) groups is 3. The molecule has 5 unspecified atom stereocenters. The normalized spacial score (nSPS) is 27.7. The van der Waals surface area contributed by atoms with E-state index < -0.39 is 50.1 Å². The summed E-state index contributed by atoms with van der Waals surface area (Å²) in [5.41, 5.74) is 1.01. The monoisotopic (exact) mass is 746 g/mol. The van der Waals surface area contributed by atoms with Crippen LogP contribution in [0.4, 0.5) is 0 Å². The van der Waals surface area contributed by atoms with Crippen molar-refractivity contribution in [3.05, 3.63) is 53.9 Å². The Balaban J connectivity index is 1.21. The van der Waals surface area contributed by atoms with Gasteiger partial charge in [-0.1, -0.05) is 26.0 Å². The number of sulfonamides is 1. The molecule has 13 nitrogen and oxygen atoms in total. The first-order valence-electron chi connectivity index (χ1n) is 18.7. The van der Waals surface area contributed by atoms with Crippen LogP contribution in [-0.4, -0.2) is 82.9 Å². The predicted octanol–water partition coefficient (Wildman–Crippen LogP) is 4.71. The van der Waals surface area contributed by atoms with E-state index in [1.165, 1.54) is 0 Å². The van der Waals surface area contributed by atoms with Crippen LogP contribution in [0.25, 0.3) is 16.7 Å². The fourth-order valence-electron chi connectivity index (χ4n) is 7.75. The zero-order valence-corrected chi connectivity index (χ0v) is 32.2. The van der Waals surface area contributed by atoms with Gasteiger partial charge in [-0.25, -0.2) is 18.1 Å². The van der Waals surface area contributed by atoms with Gasteiger partial charge in [0.05, 0.1) is 34.9 Å². The molecular weight excluding hydrogens is 697 g/mol. The molecule has 284 valence electrons. The van der Waals surface area contributed by atoms with Crippen molar-refractivity contribution in [2.45, 2.75) is 101 Å². The molecule has 53 heavy (non-hydrogen) atoms. The Labute approximate surface area is 310 Å². The van der Waals surface area contributed by atoms with Gasteiger partial charge in [0.2, 0.25) is 21.8 Å². The number of fused-ring (bicyclic) bond motifs is 3. The van der Waals surface area contributed by atoms with Crippen LogP contribution in [0, 0.1) is 24.7 Å². The van der Waals surface area contributed by atoms with Crippen LogP contribution in [0.15, 0.2) is 42.6 Å². The van der Waals surface area contributed by atoms with Gasteiger partial charge in [0.25, 0.3) is 5.91 Å². The van der Waals surface area contributed by atoms with E-state index in [9.17, 15) is 22.8 Å². The van der Waals surface area contributed by atoms with Gasteiger partial charge >= 0.3 is 0 Å². The summed E-state index contributed by atoms with van der Waals surface area (Å²) in [7, 11) is -0.557. The lowest BCUT2D eigenvalue weighted by Crippen LogP contribution is -2.55. The van der Waals surface area contributed by atoms with E-state index in [0.29, 0.717) is 42.2 Å². The maximum Gasteiger partial charge on any atom is 0.259 e. The van der Waals surface area contributed by atoms with E-state index in [4.69, 9.17) is 19.6 Å². The number of rotatable bonds is 8. The fraction of sp³-hybridized carbons (Fsp3) is 0.564. The van der Waals surface area contributed by atoms with Crippen LogP contribution in [0.5, 0.6) is 11.5 Å². The molecule has 3 aliphatic carbocycles. The van der Waals surface area contributed by atoms with Gasteiger partial charge in [-0.2, -0.15) is 5.10 Å². The van der Waals surface area contributed by atoms with Crippen molar-refractivity contribution in [1.82, 2.24) is 29.7 Å². The number of aryl methyl sites for hydroxylation is 1. The standard InChI is InChI=1S/C39H50N6O7S/c1-23(2)30-14-18-45(42-30)33-21-32(27-12-13-31(51-6)24(3)34(27)40-33)52-26-19-28-29(20-26)36(47)44(5)17-10-8-7-9-11-25-22-39(25,41-35(28)46)37(48)43-53(49,50)38(4)15-16-38/h9,11-14,18,21,23,25-26,28-29H,7-8,10,15-17,19-20,22H2,1-6H3,(H,41,46)(H,43,48)/b11-9-. The first-order valence-corrected chi connectivity index (χ1v) is 20.2. The van der Waals surface area contributed by atoms with E-state index in [1.807, 2.05) is 49.5 Å². The van der Waals surface area contributed by atoms with Gasteiger partial charge in [-0.3, -0.25) is 19.1 Å². The third kappa shape index (κ3) is 6.90. The molecule has 1 aromatic carbocycles. The van der Waals surface area contributed by atoms with E-state index in [2.05, 4.69) is 23.9 Å². The summed E-state index contributed by atoms with van der Waals surface area (Å²) in [6.07, 6.45) is 9.33. The molecule has 0 saturated heterocycles. The zero-order chi connectivity index (χ0) is 37.9. The van der Waals surface area contributed by atoms with Crippen LogP contribution in [0.2, 0.25) is 0 Å². The van der Waals surface area contributed by atoms with Gasteiger partial charge in [0.15, 0.2) is 5.82 Å². The molecule has 3 amide bonds. The summed E-state index contributed by atoms with van der Waals surface area (Å²) in [6.45, 7) is 8.25. The summed E-state index contributed by atoms with van der Waals surface area (Å²) in [5, 5.41) is 8.47. The lowest BCUT2D eigenvalue weighted by Gasteiger charge is -2.27. The minimum absolute atomic E-state index is 0.155. The second kappa shape index (κ2) is 13.7. The molecule has 0 bridgehead atoms. The number of amides is 3. The maximum atomic E-state index is 14.3. The second-order valence-corrected chi connectivity index (χ2v) is 18.1. The van der Waals surface area contributed by atoms with Crippen molar-refractivity contribution in [2.24, 2.45) is 17.8 Å². The van der Waals surface area contributed by atoms with Crippen molar-refractivity contribution in [1.29, 1.82) is 0 Å². The topological polar surface area (TPSA) is 162 Å². The Morgan fingerprint density at radius 2 is 1.85 bits per heavy atom. The van der Waals surface area contributed by atoms with Crippen LogP contribution in [-0.2, 0) is 24.4 Å². The SMILES string of the molecule is COc1ccc2c(OC3CC4C(=O)NC5(C(=O)NS(=O)(=O)C6(C)CC6)CC5/C=C\CCCCN(C)C(=O)C4C3)cc(-n3ccc(C(C)C)n3)nc2c1C. The van der Waals surface area contributed by atoms with Crippen molar-refractivity contribution in [3.8, 4) is 17.3 Å². The molecule has 2 aromatic heterocycles. The quantitative estimate of drug-likeness (QED) is 0.311. The molecule has 3 aromatic rings. The third-order valence-corrected chi connectivity index (χ3v) is 13.9. The molecule has 14 heteroatoms. The summed E-state index contributed by atoms with van der Waals surface area (Å²) in [4.78, 5) is 48.8. The minimum atomic E-state index is -3.93. The number of nitrogens with one attached hydrogen (secondary N) is 2. The van der Waals surface area contributed by atoms with Crippen LogP contribution >= 0.6 is 0 Å². The molecule has 0 radical (unpaired) electrons. The molecular formula is C39H50N6O7S.